The average Bonchev–Trinajstić information content (AvgIpc) is 3.22. The molecule has 0 bridgehead atoms. The van der Waals surface area contributed by atoms with E-state index in [-0.39, 0.29) is 5.91 Å². The van der Waals surface area contributed by atoms with E-state index in [4.69, 9.17) is 14.5 Å². The van der Waals surface area contributed by atoms with Gasteiger partial charge in [0, 0.05) is 18.0 Å². The van der Waals surface area contributed by atoms with E-state index in [0.717, 1.165) is 15.8 Å². The lowest BCUT2D eigenvalue weighted by atomic mass is 10.1. The zero-order chi connectivity index (χ0) is 21.1. The van der Waals surface area contributed by atoms with Crippen LogP contribution in [-0.2, 0) is 6.54 Å². The highest BCUT2D eigenvalue weighted by molar-refractivity contribution is 7.22. The lowest BCUT2D eigenvalue weighted by Crippen LogP contribution is -2.30. The maximum Gasteiger partial charge on any atom is 0.260 e. The van der Waals surface area contributed by atoms with E-state index in [2.05, 4.69) is 4.98 Å². The third kappa shape index (κ3) is 3.71. The standard InChI is InChI=1S/C23H21N3O3S/c1-15-7-4-5-9-17(15)22(27)26(14-16-8-6-12-24-13-16)23-25-20-18(28-2)10-11-19(29-3)21(20)30-23/h4-13H,14H2,1-3H3. The van der Waals surface area contributed by atoms with Gasteiger partial charge in [-0.25, -0.2) is 4.98 Å². The average molecular weight is 420 g/mol. The molecule has 152 valence electrons. The van der Waals surface area contributed by atoms with Gasteiger partial charge >= 0.3 is 0 Å². The number of pyridine rings is 1. The number of hydrogen-bond donors (Lipinski definition) is 0. The first kappa shape index (κ1) is 19.8. The number of aryl methyl sites for hydroxylation is 1. The fraction of sp³-hybridized carbons (Fsp3) is 0.174. The second-order valence-corrected chi connectivity index (χ2v) is 7.69. The zero-order valence-corrected chi connectivity index (χ0v) is 17.8. The normalized spacial score (nSPS) is 10.8. The lowest BCUT2D eigenvalue weighted by Gasteiger charge is -2.21. The smallest absolute Gasteiger partial charge is 0.260 e. The highest BCUT2D eigenvalue weighted by atomic mass is 32.1. The Balaban J connectivity index is 1.85. The first-order valence-corrected chi connectivity index (χ1v) is 10.2. The molecule has 1 amide bonds. The molecule has 0 atom stereocenters. The van der Waals surface area contributed by atoms with Crippen molar-refractivity contribution < 1.29 is 14.3 Å². The van der Waals surface area contributed by atoms with Crippen LogP contribution in [0, 0.1) is 6.92 Å². The van der Waals surface area contributed by atoms with Crippen molar-refractivity contribution in [2.45, 2.75) is 13.5 Å². The first-order chi connectivity index (χ1) is 14.6. The molecule has 0 saturated heterocycles. The highest BCUT2D eigenvalue weighted by Crippen LogP contribution is 2.40. The Morgan fingerprint density at radius 1 is 1.03 bits per heavy atom. The molecule has 0 aliphatic rings. The van der Waals surface area contributed by atoms with Gasteiger partial charge in [0.1, 0.15) is 21.7 Å². The molecule has 0 unspecified atom stereocenters. The molecule has 4 rings (SSSR count). The minimum Gasteiger partial charge on any atom is -0.495 e. The van der Waals surface area contributed by atoms with Gasteiger partial charge < -0.3 is 9.47 Å². The molecule has 6 nitrogen and oxygen atoms in total. The van der Waals surface area contributed by atoms with Crippen LogP contribution in [-0.4, -0.2) is 30.1 Å². The molecule has 30 heavy (non-hydrogen) atoms. The molecule has 4 aromatic rings. The summed E-state index contributed by atoms with van der Waals surface area (Å²) in [6, 6.07) is 15.0. The Hall–Kier alpha value is -3.45. The van der Waals surface area contributed by atoms with Crippen LogP contribution in [0.15, 0.2) is 60.9 Å². The van der Waals surface area contributed by atoms with Crippen molar-refractivity contribution in [2.75, 3.05) is 19.1 Å². The second kappa shape index (κ2) is 8.51. The number of methoxy groups -OCH3 is 2. The van der Waals surface area contributed by atoms with Crippen molar-refractivity contribution in [3.05, 3.63) is 77.6 Å². The Morgan fingerprint density at radius 3 is 2.50 bits per heavy atom. The van der Waals surface area contributed by atoms with Gasteiger partial charge in [0.2, 0.25) is 0 Å². The monoisotopic (exact) mass is 419 g/mol. The van der Waals surface area contributed by atoms with Crippen LogP contribution >= 0.6 is 11.3 Å². The van der Waals surface area contributed by atoms with Crippen LogP contribution in [0.4, 0.5) is 5.13 Å². The number of aromatic nitrogens is 2. The molecule has 0 fully saturated rings. The molecule has 2 heterocycles. The maximum atomic E-state index is 13.6. The van der Waals surface area contributed by atoms with E-state index in [0.29, 0.717) is 34.3 Å². The topological polar surface area (TPSA) is 64.6 Å². The van der Waals surface area contributed by atoms with Crippen molar-refractivity contribution >= 4 is 32.6 Å². The van der Waals surface area contributed by atoms with Crippen LogP contribution in [0.2, 0.25) is 0 Å². The molecule has 0 saturated carbocycles. The minimum absolute atomic E-state index is 0.117. The van der Waals surface area contributed by atoms with Gasteiger partial charge in [-0.1, -0.05) is 35.6 Å². The number of carbonyl (C=O) groups excluding carboxylic acids is 1. The number of thiazole rings is 1. The summed E-state index contributed by atoms with van der Waals surface area (Å²) < 4.78 is 11.8. The largest absolute Gasteiger partial charge is 0.495 e. The summed E-state index contributed by atoms with van der Waals surface area (Å²) in [5, 5.41) is 0.574. The molecule has 2 aromatic heterocycles. The first-order valence-electron chi connectivity index (χ1n) is 9.40. The fourth-order valence-corrected chi connectivity index (χ4v) is 4.32. The Kier molecular flexibility index (Phi) is 5.63. The van der Waals surface area contributed by atoms with E-state index in [1.165, 1.54) is 11.3 Å². The summed E-state index contributed by atoms with van der Waals surface area (Å²) in [6.45, 7) is 2.28. The van der Waals surface area contributed by atoms with Gasteiger partial charge in [-0.05, 0) is 42.3 Å². The van der Waals surface area contributed by atoms with Crippen molar-refractivity contribution in [1.82, 2.24) is 9.97 Å². The molecular weight excluding hydrogens is 398 g/mol. The number of rotatable bonds is 6. The summed E-state index contributed by atoms with van der Waals surface area (Å²) in [7, 11) is 3.22. The summed E-state index contributed by atoms with van der Waals surface area (Å²) in [6.07, 6.45) is 3.47. The predicted octanol–water partition coefficient (Wildman–Crippen LogP) is 4.86. The molecule has 2 aromatic carbocycles. The van der Waals surface area contributed by atoms with Crippen molar-refractivity contribution in [3.63, 3.8) is 0 Å². The lowest BCUT2D eigenvalue weighted by molar-refractivity contribution is 0.0984. The van der Waals surface area contributed by atoms with Gasteiger partial charge in [-0.3, -0.25) is 14.7 Å². The second-order valence-electron chi connectivity index (χ2n) is 6.71. The van der Waals surface area contributed by atoms with E-state index >= 15 is 0 Å². The maximum absolute atomic E-state index is 13.6. The van der Waals surface area contributed by atoms with Gasteiger partial charge in [-0.15, -0.1) is 0 Å². The molecular formula is C23H21N3O3S. The van der Waals surface area contributed by atoms with Crippen LogP contribution in [0.5, 0.6) is 11.5 Å². The summed E-state index contributed by atoms with van der Waals surface area (Å²) >= 11 is 1.40. The molecule has 0 aliphatic heterocycles. The van der Waals surface area contributed by atoms with Crippen molar-refractivity contribution in [1.29, 1.82) is 0 Å². The number of benzene rings is 2. The SMILES string of the molecule is COc1ccc(OC)c2sc(N(Cc3cccnc3)C(=O)c3ccccc3C)nc12. The fourth-order valence-electron chi connectivity index (χ4n) is 3.25. The van der Waals surface area contributed by atoms with Gasteiger partial charge in [-0.2, -0.15) is 0 Å². The van der Waals surface area contributed by atoms with Crippen LogP contribution in [0.3, 0.4) is 0 Å². The van der Waals surface area contributed by atoms with Crippen LogP contribution in [0.1, 0.15) is 21.5 Å². The van der Waals surface area contributed by atoms with E-state index in [1.807, 2.05) is 55.5 Å². The Bertz CT molecular complexity index is 1150. The third-order valence-corrected chi connectivity index (χ3v) is 5.91. The molecule has 0 N–H and O–H groups in total. The third-order valence-electron chi connectivity index (χ3n) is 4.81. The van der Waals surface area contributed by atoms with Crippen molar-refractivity contribution in [3.8, 4) is 11.5 Å². The molecule has 0 spiro atoms. The number of fused-ring (bicyclic) bond motifs is 1. The van der Waals surface area contributed by atoms with Gasteiger partial charge in [0.15, 0.2) is 5.13 Å². The van der Waals surface area contributed by atoms with Crippen LogP contribution in [0.25, 0.3) is 10.2 Å². The predicted molar refractivity (Wildman–Crippen MR) is 119 cm³/mol. The number of hydrogen-bond acceptors (Lipinski definition) is 6. The van der Waals surface area contributed by atoms with E-state index in [9.17, 15) is 4.79 Å². The molecule has 0 radical (unpaired) electrons. The summed E-state index contributed by atoms with van der Waals surface area (Å²) in [4.78, 5) is 24.2. The van der Waals surface area contributed by atoms with Crippen LogP contribution < -0.4 is 14.4 Å². The van der Waals surface area contributed by atoms with E-state index < -0.39 is 0 Å². The number of amides is 1. The summed E-state index contributed by atoms with van der Waals surface area (Å²) in [5.74, 6) is 1.21. The molecule has 7 heteroatoms. The number of nitrogens with zero attached hydrogens (tertiary/aromatic N) is 3. The van der Waals surface area contributed by atoms with E-state index in [1.54, 1.807) is 31.5 Å². The zero-order valence-electron chi connectivity index (χ0n) is 17.0. The van der Waals surface area contributed by atoms with Gasteiger partial charge in [0.05, 0.1) is 20.8 Å². The number of carbonyl (C=O) groups is 1. The minimum atomic E-state index is -0.117. The Labute approximate surface area is 178 Å². The highest BCUT2D eigenvalue weighted by Gasteiger charge is 2.25. The van der Waals surface area contributed by atoms with Crippen molar-refractivity contribution in [2.24, 2.45) is 0 Å². The Morgan fingerprint density at radius 2 is 1.80 bits per heavy atom. The van der Waals surface area contributed by atoms with Gasteiger partial charge in [0.25, 0.3) is 5.91 Å². The number of anilines is 1. The quantitative estimate of drug-likeness (QED) is 0.446. The summed E-state index contributed by atoms with van der Waals surface area (Å²) in [5.41, 5.74) is 3.14. The number of ether oxygens (including phenoxy) is 2. The molecule has 0 aliphatic carbocycles.